The van der Waals surface area contributed by atoms with E-state index >= 15 is 0 Å². The lowest BCUT2D eigenvalue weighted by molar-refractivity contribution is -0.120. The molecule has 0 fully saturated rings. The third kappa shape index (κ3) is 6.60. The lowest BCUT2D eigenvalue weighted by atomic mass is 10.1. The Morgan fingerprint density at radius 1 is 1.00 bits per heavy atom. The number of benzene rings is 2. The first-order valence-corrected chi connectivity index (χ1v) is 9.34. The Labute approximate surface area is 167 Å². The van der Waals surface area contributed by atoms with Crippen molar-refractivity contribution in [3.05, 3.63) is 58.1 Å². The van der Waals surface area contributed by atoms with E-state index in [-0.39, 0.29) is 18.4 Å². The van der Waals surface area contributed by atoms with E-state index in [1.807, 2.05) is 12.1 Å². The normalized spacial score (nSPS) is 10.2. The quantitative estimate of drug-likeness (QED) is 0.594. The number of hydrogen-bond donors (Lipinski definition) is 2. The topological polar surface area (TPSA) is 76.7 Å². The molecule has 0 spiro atoms. The number of ether oxygens (including phenoxy) is 2. The molecule has 0 aliphatic heterocycles. The molecule has 2 aromatic carbocycles. The first kappa shape index (κ1) is 20.8. The summed E-state index contributed by atoms with van der Waals surface area (Å²) in [5.74, 6) is 0.428. The van der Waals surface area contributed by atoms with Gasteiger partial charge in [-0.3, -0.25) is 9.59 Å². The standard InChI is InChI=1S/C20H23BrN2O4/c1-26-17-9-8-15(12-18(17)27-2)20(25)23-13-19(24)22-10-4-6-14-5-3-7-16(21)11-14/h3,5,7-9,11-12H,4,6,10,13H2,1-2H3,(H,22,24)(H,23,25). The van der Waals surface area contributed by atoms with Crippen LogP contribution in [0.4, 0.5) is 0 Å². The Bertz CT molecular complexity index is 795. The lowest BCUT2D eigenvalue weighted by Crippen LogP contribution is -2.37. The van der Waals surface area contributed by atoms with E-state index in [9.17, 15) is 9.59 Å². The molecule has 27 heavy (non-hydrogen) atoms. The number of rotatable bonds is 9. The second kappa shape index (κ2) is 10.6. The van der Waals surface area contributed by atoms with Gasteiger partial charge in [0.15, 0.2) is 11.5 Å². The maximum Gasteiger partial charge on any atom is 0.251 e. The van der Waals surface area contributed by atoms with Crippen LogP contribution in [0.3, 0.4) is 0 Å². The van der Waals surface area contributed by atoms with Crippen molar-refractivity contribution >= 4 is 27.7 Å². The van der Waals surface area contributed by atoms with E-state index in [2.05, 4.69) is 38.7 Å². The van der Waals surface area contributed by atoms with Crippen LogP contribution in [0.5, 0.6) is 11.5 Å². The number of carbonyl (C=O) groups excluding carboxylic acids is 2. The highest BCUT2D eigenvalue weighted by molar-refractivity contribution is 9.10. The molecule has 144 valence electrons. The number of aryl methyl sites for hydroxylation is 1. The molecule has 6 nitrogen and oxygen atoms in total. The number of carbonyl (C=O) groups is 2. The maximum atomic E-state index is 12.2. The van der Waals surface area contributed by atoms with Gasteiger partial charge in [-0.25, -0.2) is 0 Å². The smallest absolute Gasteiger partial charge is 0.251 e. The van der Waals surface area contributed by atoms with Gasteiger partial charge in [0.25, 0.3) is 5.91 Å². The molecule has 0 unspecified atom stereocenters. The average Bonchev–Trinajstić information content (AvgIpc) is 2.68. The van der Waals surface area contributed by atoms with Crippen LogP contribution < -0.4 is 20.1 Å². The summed E-state index contributed by atoms with van der Waals surface area (Å²) in [6.45, 7) is 0.474. The second-order valence-corrected chi connectivity index (χ2v) is 6.75. The zero-order chi connectivity index (χ0) is 19.6. The van der Waals surface area contributed by atoms with E-state index in [1.165, 1.54) is 19.8 Å². The van der Waals surface area contributed by atoms with Crippen molar-refractivity contribution in [3.8, 4) is 11.5 Å². The summed E-state index contributed by atoms with van der Waals surface area (Å²) < 4.78 is 11.4. The fourth-order valence-electron chi connectivity index (χ4n) is 2.52. The van der Waals surface area contributed by atoms with Crippen LogP contribution >= 0.6 is 15.9 Å². The number of nitrogens with one attached hydrogen (secondary N) is 2. The molecular weight excluding hydrogens is 412 g/mol. The summed E-state index contributed by atoms with van der Waals surface area (Å²) in [5.41, 5.74) is 1.61. The zero-order valence-electron chi connectivity index (χ0n) is 15.4. The minimum absolute atomic E-state index is 0.0793. The Morgan fingerprint density at radius 3 is 2.48 bits per heavy atom. The van der Waals surface area contributed by atoms with Gasteiger partial charge in [0.05, 0.1) is 20.8 Å². The molecular formula is C20H23BrN2O4. The van der Waals surface area contributed by atoms with E-state index in [0.717, 1.165) is 17.3 Å². The predicted molar refractivity (Wildman–Crippen MR) is 107 cm³/mol. The summed E-state index contributed by atoms with van der Waals surface area (Å²) in [6.07, 6.45) is 1.70. The van der Waals surface area contributed by atoms with Gasteiger partial charge >= 0.3 is 0 Å². The van der Waals surface area contributed by atoms with Crippen LogP contribution in [0.15, 0.2) is 46.9 Å². The van der Waals surface area contributed by atoms with Crippen LogP contribution in [0, 0.1) is 0 Å². The van der Waals surface area contributed by atoms with Gasteiger partial charge in [-0.2, -0.15) is 0 Å². The van der Waals surface area contributed by atoms with Crippen molar-refractivity contribution < 1.29 is 19.1 Å². The fourth-order valence-corrected chi connectivity index (χ4v) is 2.96. The highest BCUT2D eigenvalue weighted by Crippen LogP contribution is 2.27. The number of hydrogen-bond acceptors (Lipinski definition) is 4. The molecule has 2 rings (SSSR count). The Kier molecular flexibility index (Phi) is 8.13. The number of methoxy groups -OCH3 is 2. The minimum atomic E-state index is -0.347. The van der Waals surface area contributed by atoms with E-state index < -0.39 is 0 Å². The van der Waals surface area contributed by atoms with Crippen LogP contribution in [0.1, 0.15) is 22.3 Å². The highest BCUT2D eigenvalue weighted by Gasteiger charge is 2.11. The van der Waals surface area contributed by atoms with Gasteiger partial charge in [-0.15, -0.1) is 0 Å². The zero-order valence-corrected chi connectivity index (χ0v) is 17.0. The van der Waals surface area contributed by atoms with Gasteiger partial charge in [0.1, 0.15) is 0 Å². The monoisotopic (exact) mass is 434 g/mol. The van der Waals surface area contributed by atoms with E-state index in [1.54, 1.807) is 18.2 Å². The van der Waals surface area contributed by atoms with Crippen LogP contribution in [-0.2, 0) is 11.2 Å². The van der Waals surface area contributed by atoms with Gasteiger partial charge in [0.2, 0.25) is 5.91 Å². The van der Waals surface area contributed by atoms with E-state index in [4.69, 9.17) is 9.47 Å². The summed E-state index contributed by atoms with van der Waals surface area (Å²) in [6, 6.07) is 12.9. The van der Waals surface area contributed by atoms with Gasteiger partial charge in [0, 0.05) is 16.6 Å². The molecule has 0 aromatic heterocycles. The summed E-state index contributed by atoms with van der Waals surface area (Å²) in [4.78, 5) is 24.1. The largest absolute Gasteiger partial charge is 0.493 e. The van der Waals surface area contributed by atoms with Crippen molar-refractivity contribution in [1.82, 2.24) is 10.6 Å². The van der Waals surface area contributed by atoms with Crippen LogP contribution in [-0.4, -0.2) is 39.1 Å². The Balaban J connectivity index is 1.72. The Hall–Kier alpha value is -2.54. The SMILES string of the molecule is COc1ccc(C(=O)NCC(=O)NCCCc2cccc(Br)c2)cc1OC. The predicted octanol–water partition coefficient (Wildman–Crippen LogP) is 2.95. The van der Waals surface area contributed by atoms with Gasteiger partial charge in [-0.05, 0) is 48.7 Å². The maximum absolute atomic E-state index is 12.2. The molecule has 2 aromatic rings. The fraction of sp³-hybridized carbons (Fsp3) is 0.300. The summed E-state index contributed by atoms with van der Waals surface area (Å²) in [5, 5.41) is 5.41. The summed E-state index contributed by atoms with van der Waals surface area (Å²) in [7, 11) is 3.03. The highest BCUT2D eigenvalue weighted by atomic mass is 79.9. The van der Waals surface area contributed by atoms with Crippen LogP contribution in [0.2, 0.25) is 0 Å². The van der Waals surface area contributed by atoms with E-state index in [0.29, 0.717) is 23.6 Å². The Morgan fingerprint density at radius 2 is 1.78 bits per heavy atom. The number of amides is 2. The first-order valence-electron chi connectivity index (χ1n) is 8.55. The number of halogens is 1. The second-order valence-electron chi connectivity index (χ2n) is 5.84. The van der Waals surface area contributed by atoms with Crippen LogP contribution in [0.25, 0.3) is 0 Å². The van der Waals surface area contributed by atoms with Crippen molar-refractivity contribution in [2.75, 3.05) is 27.3 Å². The molecule has 0 atom stereocenters. The van der Waals surface area contributed by atoms with Crippen molar-refractivity contribution in [1.29, 1.82) is 0 Å². The summed E-state index contributed by atoms with van der Waals surface area (Å²) >= 11 is 3.44. The molecule has 0 bridgehead atoms. The molecule has 0 aliphatic rings. The molecule has 2 amide bonds. The lowest BCUT2D eigenvalue weighted by Gasteiger charge is -2.10. The molecule has 0 radical (unpaired) electrons. The van der Waals surface area contributed by atoms with Crippen molar-refractivity contribution in [2.24, 2.45) is 0 Å². The molecule has 0 saturated heterocycles. The molecule has 0 heterocycles. The average molecular weight is 435 g/mol. The molecule has 2 N–H and O–H groups in total. The molecule has 7 heteroatoms. The van der Waals surface area contributed by atoms with Crippen molar-refractivity contribution in [2.45, 2.75) is 12.8 Å². The third-order valence-corrected chi connectivity index (χ3v) is 4.40. The minimum Gasteiger partial charge on any atom is -0.493 e. The van der Waals surface area contributed by atoms with Gasteiger partial charge in [-0.1, -0.05) is 28.1 Å². The molecule has 0 aliphatic carbocycles. The molecule has 0 saturated carbocycles. The third-order valence-electron chi connectivity index (χ3n) is 3.91. The first-order chi connectivity index (χ1) is 13.0. The van der Waals surface area contributed by atoms with Gasteiger partial charge < -0.3 is 20.1 Å². The van der Waals surface area contributed by atoms with Crippen molar-refractivity contribution in [3.63, 3.8) is 0 Å².